The zero-order valence-corrected chi connectivity index (χ0v) is 12.2. The van der Waals surface area contributed by atoms with E-state index in [0.29, 0.717) is 18.8 Å². The maximum absolute atomic E-state index is 12.3. The molecule has 3 rings (SSSR count). The highest BCUT2D eigenvalue weighted by molar-refractivity contribution is 5.92. The van der Waals surface area contributed by atoms with Crippen molar-refractivity contribution in [2.45, 2.75) is 6.92 Å². The van der Waals surface area contributed by atoms with Crippen molar-refractivity contribution in [3.63, 3.8) is 0 Å². The number of hydrogen-bond acceptors (Lipinski definition) is 5. The number of piperazine rings is 1. The van der Waals surface area contributed by atoms with E-state index < -0.39 is 0 Å². The largest absolute Gasteiger partial charge is 0.337 e. The molecule has 1 aliphatic rings. The minimum atomic E-state index is -0.00982. The molecular formula is C14H18N6O. The summed E-state index contributed by atoms with van der Waals surface area (Å²) in [5.41, 5.74) is 0.500. The van der Waals surface area contributed by atoms with Crippen LogP contribution in [0.15, 0.2) is 24.4 Å². The van der Waals surface area contributed by atoms with Crippen molar-refractivity contribution in [2.24, 2.45) is 7.05 Å². The van der Waals surface area contributed by atoms with Gasteiger partial charge in [0.2, 0.25) is 5.95 Å². The van der Waals surface area contributed by atoms with Crippen molar-refractivity contribution in [1.29, 1.82) is 0 Å². The van der Waals surface area contributed by atoms with E-state index in [1.54, 1.807) is 12.3 Å². The smallest absolute Gasteiger partial charge is 0.272 e. The highest BCUT2D eigenvalue weighted by atomic mass is 16.2. The third-order valence-corrected chi connectivity index (χ3v) is 3.80. The first kappa shape index (κ1) is 13.5. The second-order valence-electron chi connectivity index (χ2n) is 5.10. The van der Waals surface area contributed by atoms with Crippen molar-refractivity contribution in [1.82, 2.24) is 24.6 Å². The topological polar surface area (TPSA) is 67.2 Å². The summed E-state index contributed by atoms with van der Waals surface area (Å²) in [7, 11) is 1.95. The fourth-order valence-corrected chi connectivity index (χ4v) is 2.43. The van der Waals surface area contributed by atoms with Crippen LogP contribution < -0.4 is 4.90 Å². The number of hydrogen-bond donors (Lipinski definition) is 0. The minimum Gasteiger partial charge on any atom is -0.337 e. The van der Waals surface area contributed by atoms with E-state index in [4.69, 9.17) is 0 Å². The maximum Gasteiger partial charge on any atom is 0.272 e. The van der Waals surface area contributed by atoms with Crippen LogP contribution in [-0.4, -0.2) is 56.7 Å². The summed E-state index contributed by atoms with van der Waals surface area (Å²) in [6.07, 6.45) is 1.64. The lowest BCUT2D eigenvalue weighted by molar-refractivity contribution is 0.0740. The van der Waals surface area contributed by atoms with E-state index in [9.17, 15) is 4.79 Å². The SMILES string of the molecule is Cc1nnc(N2CCN(C(=O)c3ccccn3)CC2)n1C. The zero-order valence-electron chi connectivity index (χ0n) is 12.2. The van der Waals surface area contributed by atoms with Gasteiger partial charge < -0.3 is 14.4 Å². The maximum atomic E-state index is 12.3. The standard InChI is InChI=1S/C14H18N6O/c1-11-16-17-14(18(11)2)20-9-7-19(8-10-20)13(21)12-5-3-4-6-15-12/h3-6H,7-10H2,1-2H3. The molecule has 1 amide bonds. The Morgan fingerprint density at radius 2 is 1.90 bits per heavy atom. The lowest BCUT2D eigenvalue weighted by Crippen LogP contribution is -2.49. The average Bonchev–Trinajstić information content (AvgIpc) is 2.87. The van der Waals surface area contributed by atoms with Crippen LogP contribution in [0.25, 0.3) is 0 Å². The fourth-order valence-electron chi connectivity index (χ4n) is 2.43. The van der Waals surface area contributed by atoms with Gasteiger partial charge in [0.15, 0.2) is 0 Å². The monoisotopic (exact) mass is 286 g/mol. The quantitative estimate of drug-likeness (QED) is 0.803. The molecule has 0 N–H and O–H groups in total. The van der Waals surface area contributed by atoms with Crippen LogP contribution >= 0.6 is 0 Å². The predicted molar refractivity (Wildman–Crippen MR) is 78.1 cm³/mol. The van der Waals surface area contributed by atoms with Gasteiger partial charge >= 0.3 is 0 Å². The van der Waals surface area contributed by atoms with E-state index in [0.717, 1.165) is 24.9 Å². The molecule has 2 aromatic rings. The molecule has 7 nitrogen and oxygen atoms in total. The van der Waals surface area contributed by atoms with Gasteiger partial charge in [-0.05, 0) is 19.1 Å². The lowest BCUT2D eigenvalue weighted by Gasteiger charge is -2.34. The molecule has 1 saturated heterocycles. The number of aryl methyl sites for hydroxylation is 1. The predicted octanol–water partition coefficient (Wildman–Crippen LogP) is 0.481. The minimum absolute atomic E-state index is 0.00982. The van der Waals surface area contributed by atoms with Gasteiger partial charge in [0.25, 0.3) is 5.91 Å². The van der Waals surface area contributed by atoms with Crippen LogP contribution in [0.2, 0.25) is 0 Å². The molecule has 110 valence electrons. The van der Waals surface area contributed by atoms with Gasteiger partial charge in [-0.3, -0.25) is 9.78 Å². The van der Waals surface area contributed by atoms with Gasteiger partial charge in [-0.1, -0.05) is 6.07 Å². The molecule has 0 aliphatic carbocycles. The molecule has 1 fully saturated rings. The number of aromatic nitrogens is 4. The molecule has 0 spiro atoms. The van der Waals surface area contributed by atoms with Gasteiger partial charge in [-0.25, -0.2) is 0 Å². The lowest BCUT2D eigenvalue weighted by atomic mass is 10.2. The molecule has 0 bridgehead atoms. The van der Waals surface area contributed by atoms with Crippen LogP contribution in [0.3, 0.4) is 0 Å². The van der Waals surface area contributed by atoms with E-state index >= 15 is 0 Å². The van der Waals surface area contributed by atoms with Gasteiger partial charge in [-0.2, -0.15) is 0 Å². The number of carbonyl (C=O) groups excluding carboxylic acids is 1. The van der Waals surface area contributed by atoms with Crippen LogP contribution in [0, 0.1) is 6.92 Å². The third-order valence-electron chi connectivity index (χ3n) is 3.80. The van der Waals surface area contributed by atoms with Gasteiger partial charge in [-0.15, -0.1) is 10.2 Å². The van der Waals surface area contributed by atoms with E-state index in [1.165, 1.54) is 0 Å². The van der Waals surface area contributed by atoms with Crippen molar-refractivity contribution in [2.75, 3.05) is 31.1 Å². The Balaban J connectivity index is 1.65. The normalized spacial score (nSPS) is 15.3. The summed E-state index contributed by atoms with van der Waals surface area (Å²) >= 11 is 0. The van der Waals surface area contributed by atoms with Gasteiger partial charge in [0.1, 0.15) is 11.5 Å². The zero-order chi connectivity index (χ0) is 14.8. The number of nitrogens with zero attached hydrogens (tertiary/aromatic N) is 6. The average molecular weight is 286 g/mol. The molecule has 3 heterocycles. The molecule has 7 heteroatoms. The van der Waals surface area contributed by atoms with Crippen LogP contribution in [-0.2, 0) is 7.05 Å². The first-order valence-corrected chi connectivity index (χ1v) is 6.98. The molecule has 2 aromatic heterocycles. The Morgan fingerprint density at radius 1 is 1.14 bits per heavy atom. The number of amides is 1. The Kier molecular flexibility index (Phi) is 3.55. The van der Waals surface area contributed by atoms with Crippen molar-refractivity contribution < 1.29 is 4.79 Å². The summed E-state index contributed by atoms with van der Waals surface area (Å²) in [4.78, 5) is 20.4. The highest BCUT2D eigenvalue weighted by Crippen LogP contribution is 2.14. The Bertz CT molecular complexity index is 630. The summed E-state index contributed by atoms with van der Waals surface area (Å²) in [6, 6.07) is 5.39. The third kappa shape index (κ3) is 2.58. The Labute approximate surface area is 123 Å². The summed E-state index contributed by atoms with van der Waals surface area (Å²) in [5, 5.41) is 8.26. The van der Waals surface area contributed by atoms with E-state index in [1.807, 2.05) is 35.6 Å². The van der Waals surface area contributed by atoms with Crippen molar-refractivity contribution in [3.8, 4) is 0 Å². The number of rotatable bonds is 2. The number of carbonyl (C=O) groups is 1. The first-order valence-electron chi connectivity index (χ1n) is 6.98. The molecule has 0 aromatic carbocycles. The summed E-state index contributed by atoms with van der Waals surface area (Å²) < 4.78 is 1.97. The van der Waals surface area contributed by atoms with E-state index in [-0.39, 0.29) is 5.91 Å². The molecule has 0 saturated carbocycles. The van der Waals surface area contributed by atoms with Crippen LogP contribution in [0.4, 0.5) is 5.95 Å². The first-order chi connectivity index (χ1) is 10.2. The molecule has 0 unspecified atom stereocenters. The van der Waals surface area contributed by atoms with Gasteiger partial charge in [0, 0.05) is 39.4 Å². The van der Waals surface area contributed by atoms with Gasteiger partial charge in [0.05, 0.1) is 0 Å². The van der Waals surface area contributed by atoms with E-state index in [2.05, 4.69) is 20.1 Å². The fraction of sp³-hybridized carbons (Fsp3) is 0.429. The molecule has 0 atom stereocenters. The summed E-state index contributed by atoms with van der Waals surface area (Å²) in [5.74, 6) is 1.74. The number of anilines is 1. The Hall–Kier alpha value is -2.44. The molecule has 21 heavy (non-hydrogen) atoms. The summed E-state index contributed by atoms with van der Waals surface area (Å²) in [6.45, 7) is 4.77. The molecule has 0 radical (unpaired) electrons. The Morgan fingerprint density at radius 3 is 2.48 bits per heavy atom. The van der Waals surface area contributed by atoms with Crippen molar-refractivity contribution >= 4 is 11.9 Å². The van der Waals surface area contributed by atoms with Crippen molar-refractivity contribution in [3.05, 3.63) is 35.9 Å². The highest BCUT2D eigenvalue weighted by Gasteiger charge is 2.25. The van der Waals surface area contributed by atoms with Crippen LogP contribution in [0.5, 0.6) is 0 Å². The molecular weight excluding hydrogens is 268 g/mol. The second-order valence-corrected chi connectivity index (χ2v) is 5.10. The second kappa shape index (κ2) is 5.51. The molecule has 1 aliphatic heterocycles. The number of pyridine rings is 1. The van der Waals surface area contributed by atoms with Crippen LogP contribution in [0.1, 0.15) is 16.3 Å².